The van der Waals surface area contributed by atoms with Crippen molar-refractivity contribution in [2.24, 2.45) is 0 Å². The zero-order valence-electron chi connectivity index (χ0n) is 10.9. The number of aromatic nitrogens is 1. The molecule has 1 aromatic carbocycles. The Hall–Kier alpha value is -1.56. The van der Waals surface area contributed by atoms with Gasteiger partial charge in [-0.25, -0.2) is 4.39 Å². The molecule has 0 amide bonds. The van der Waals surface area contributed by atoms with E-state index in [2.05, 4.69) is 4.98 Å². The Labute approximate surface area is 113 Å². The highest BCUT2D eigenvalue weighted by molar-refractivity contribution is 5.85. The Morgan fingerprint density at radius 3 is 2.80 bits per heavy atom. The Kier molecular flexibility index (Phi) is 3.01. The Morgan fingerprint density at radius 1 is 1.35 bits per heavy atom. The van der Waals surface area contributed by atoms with Crippen molar-refractivity contribution in [3.05, 3.63) is 35.3 Å². The summed E-state index contributed by atoms with van der Waals surface area (Å²) in [7, 11) is 0. The first-order chi connectivity index (χ1) is 9.33. The number of hydrogen-bond donors (Lipinski definition) is 1. The molecule has 2 aromatic rings. The van der Waals surface area contributed by atoms with Crippen LogP contribution in [0.5, 0.6) is 0 Å². The van der Waals surface area contributed by atoms with Gasteiger partial charge in [-0.2, -0.15) is 13.2 Å². The average Bonchev–Trinajstić information content (AvgIpc) is 2.64. The fourth-order valence-electron chi connectivity index (χ4n) is 2.88. The highest BCUT2D eigenvalue weighted by atomic mass is 19.4. The van der Waals surface area contributed by atoms with Gasteiger partial charge in [0.1, 0.15) is 5.82 Å². The van der Waals surface area contributed by atoms with Gasteiger partial charge in [-0.3, -0.25) is 4.90 Å². The van der Waals surface area contributed by atoms with Crippen molar-refractivity contribution >= 4 is 10.9 Å². The second kappa shape index (κ2) is 4.48. The maximum absolute atomic E-state index is 13.2. The van der Waals surface area contributed by atoms with Gasteiger partial charge < -0.3 is 4.98 Å². The fraction of sp³-hybridized carbons (Fsp3) is 0.429. The van der Waals surface area contributed by atoms with Gasteiger partial charge in [-0.15, -0.1) is 0 Å². The number of rotatable bonds is 1. The van der Waals surface area contributed by atoms with Gasteiger partial charge in [-0.1, -0.05) is 0 Å². The number of H-pyrrole nitrogens is 1. The lowest BCUT2D eigenvalue weighted by molar-refractivity contribution is -0.152. The van der Waals surface area contributed by atoms with Crippen molar-refractivity contribution in [3.8, 4) is 0 Å². The van der Waals surface area contributed by atoms with Crippen LogP contribution in [0.15, 0.2) is 18.2 Å². The van der Waals surface area contributed by atoms with Crippen molar-refractivity contribution in [3.63, 3.8) is 0 Å². The van der Waals surface area contributed by atoms with Crippen LogP contribution in [0.25, 0.3) is 10.9 Å². The maximum atomic E-state index is 13.2. The summed E-state index contributed by atoms with van der Waals surface area (Å²) in [6.45, 7) is 1.08. The van der Waals surface area contributed by atoms with Crippen LogP contribution in [0.3, 0.4) is 0 Å². The third-order valence-corrected chi connectivity index (χ3v) is 3.82. The topological polar surface area (TPSA) is 19.0 Å². The molecular formula is C14H14F4N2. The number of halogens is 4. The van der Waals surface area contributed by atoms with Crippen LogP contribution in [-0.4, -0.2) is 28.6 Å². The first kappa shape index (κ1) is 13.4. The molecule has 1 N–H and O–H groups in total. The Morgan fingerprint density at radius 2 is 2.10 bits per heavy atom. The molecule has 0 spiro atoms. The van der Waals surface area contributed by atoms with Crippen LogP contribution in [-0.2, 0) is 13.0 Å². The van der Waals surface area contributed by atoms with Crippen molar-refractivity contribution < 1.29 is 17.6 Å². The first-order valence-corrected chi connectivity index (χ1v) is 6.43. The van der Waals surface area contributed by atoms with Gasteiger partial charge in [0.2, 0.25) is 0 Å². The zero-order chi connectivity index (χ0) is 14.5. The smallest absolute Gasteiger partial charge is 0.357 e. The lowest BCUT2D eigenvalue weighted by Crippen LogP contribution is -2.43. The summed E-state index contributed by atoms with van der Waals surface area (Å²) in [5, 5.41) is 0.903. The molecule has 108 valence electrons. The van der Waals surface area contributed by atoms with E-state index in [4.69, 9.17) is 0 Å². The van der Waals surface area contributed by atoms with E-state index in [1.807, 2.05) is 0 Å². The molecule has 0 radical (unpaired) electrons. The molecule has 1 aliphatic heterocycles. The predicted molar refractivity (Wildman–Crippen MR) is 67.9 cm³/mol. The molecule has 0 fully saturated rings. The highest BCUT2D eigenvalue weighted by Crippen LogP contribution is 2.32. The molecule has 1 unspecified atom stereocenters. The minimum atomic E-state index is -4.20. The normalized spacial score (nSPS) is 20.4. The number of nitrogens with zero attached hydrogens (tertiary/aromatic N) is 1. The quantitative estimate of drug-likeness (QED) is 0.793. The average molecular weight is 286 g/mol. The molecule has 1 aliphatic rings. The number of hydrogen-bond acceptors (Lipinski definition) is 1. The van der Waals surface area contributed by atoms with Crippen molar-refractivity contribution in [1.29, 1.82) is 0 Å². The summed E-state index contributed by atoms with van der Waals surface area (Å²) in [5.41, 5.74) is 2.41. The van der Waals surface area contributed by atoms with Gasteiger partial charge in [0, 0.05) is 29.2 Å². The molecule has 0 saturated carbocycles. The summed E-state index contributed by atoms with van der Waals surface area (Å²) in [6, 6.07) is 4.26. The van der Waals surface area contributed by atoms with Gasteiger partial charge >= 0.3 is 6.18 Å². The summed E-state index contributed by atoms with van der Waals surface area (Å²) < 4.78 is 50.8. The maximum Gasteiger partial charge on any atom is 0.401 e. The second-order valence-corrected chi connectivity index (χ2v) is 5.35. The van der Waals surface area contributed by atoms with Crippen LogP contribution < -0.4 is 0 Å². The summed E-state index contributed by atoms with van der Waals surface area (Å²) >= 11 is 0. The third kappa shape index (κ3) is 2.40. The predicted octanol–water partition coefficient (Wildman–Crippen LogP) is 3.62. The van der Waals surface area contributed by atoms with Crippen LogP contribution in [0.1, 0.15) is 18.2 Å². The molecule has 2 nitrogen and oxygen atoms in total. The SMILES string of the molecule is CC1Cc2c([nH]c3cc(F)ccc23)CN1CC(F)(F)F. The number of alkyl halides is 3. The van der Waals surface area contributed by atoms with Crippen LogP contribution in [0.4, 0.5) is 17.6 Å². The Balaban J connectivity index is 1.96. The largest absolute Gasteiger partial charge is 0.401 e. The van der Waals surface area contributed by atoms with E-state index in [1.165, 1.54) is 17.0 Å². The van der Waals surface area contributed by atoms with Crippen LogP contribution in [0.2, 0.25) is 0 Å². The molecule has 0 saturated heterocycles. The molecule has 3 rings (SSSR count). The number of aromatic amines is 1. The molecular weight excluding hydrogens is 272 g/mol. The first-order valence-electron chi connectivity index (χ1n) is 6.43. The van der Waals surface area contributed by atoms with Crippen LogP contribution >= 0.6 is 0 Å². The monoisotopic (exact) mass is 286 g/mol. The molecule has 20 heavy (non-hydrogen) atoms. The van der Waals surface area contributed by atoms with E-state index in [0.717, 1.165) is 16.6 Å². The molecule has 0 aliphatic carbocycles. The Bertz CT molecular complexity index is 644. The number of benzene rings is 1. The van der Waals surface area contributed by atoms with E-state index in [0.29, 0.717) is 11.9 Å². The summed E-state index contributed by atoms with van der Waals surface area (Å²) in [5.74, 6) is -0.351. The van der Waals surface area contributed by atoms with E-state index in [9.17, 15) is 17.6 Å². The third-order valence-electron chi connectivity index (χ3n) is 3.82. The molecule has 6 heteroatoms. The minimum absolute atomic E-state index is 0.187. The van der Waals surface area contributed by atoms with Gasteiger partial charge in [0.25, 0.3) is 0 Å². The zero-order valence-corrected chi connectivity index (χ0v) is 10.9. The fourth-order valence-corrected chi connectivity index (χ4v) is 2.88. The molecule has 0 bridgehead atoms. The molecule has 1 aromatic heterocycles. The van der Waals surface area contributed by atoms with Crippen LogP contribution in [0, 0.1) is 5.82 Å². The highest BCUT2D eigenvalue weighted by Gasteiger charge is 2.35. The van der Waals surface area contributed by atoms with Gasteiger partial charge in [0.15, 0.2) is 0 Å². The van der Waals surface area contributed by atoms with E-state index in [1.54, 1.807) is 13.0 Å². The standard InChI is InChI=1S/C14H14F4N2/c1-8-4-11-10-3-2-9(15)5-12(10)19-13(11)6-20(8)7-14(16,17)18/h2-3,5,8,19H,4,6-7H2,1H3. The van der Waals surface area contributed by atoms with E-state index >= 15 is 0 Å². The lowest BCUT2D eigenvalue weighted by Gasteiger charge is -2.33. The van der Waals surface area contributed by atoms with Gasteiger partial charge in [0.05, 0.1) is 6.54 Å². The summed E-state index contributed by atoms with van der Waals surface area (Å²) in [6.07, 6.45) is -3.67. The van der Waals surface area contributed by atoms with Crippen molar-refractivity contribution in [2.75, 3.05) is 6.54 Å². The molecule has 2 heterocycles. The number of nitrogens with one attached hydrogen (secondary N) is 1. The lowest BCUT2D eigenvalue weighted by atomic mass is 9.97. The number of fused-ring (bicyclic) bond motifs is 3. The summed E-state index contributed by atoms with van der Waals surface area (Å²) in [4.78, 5) is 4.44. The van der Waals surface area contributed by atoms with Crippen molar-refractivity contribution in [2.45, 2.75) is 32.1 Å². The van der Waals surface area contributed by atoms with E-state index < -0.39 is 12.7 Å². The van der Waals surface area contributed by atoms with E-state index in [-0.39, 0.29) is 18.4 Å². The minimum Gasteiger partial charge on any atom is -0.357 e. The second-order valence-electron chi connectivity index (χ2n) is 5.35. The van der Waals surface area contributed by atoms with Gasteiger partial charge in [-0.05, 0) is 37.1 Å². The van der Waals surface area contributed by atoms with Crippen molar-refractivity contribution in [1.82, 2.24) is 9.88 Å². The molecule has 1 atom stereocenters.